The van der Waals surface area contributed by atoms with Crippen LogP contribution >= 0.6 is 0 Å². The summed E-state index contributed by atoms with van der Waals surface area (Å²) in [5, 5.41) is 2.87. The van der Waals surface area contributed by atoms with Gasteiger partial charge in [0.25, 0.3) is 0 Å². The zero-order valence-electron chi connectivity index (χ0n) is 11.3. The second-order valence-corrected chi connectivity index (χ2v) is 5.68. The lowest BCUT2D eigenvalue weighted by Gasteiger charge is -2.30. The van der Waals surface area contributed by atoms with Crippen LogP contribution in [0.5, 0.6) is 0 Å². The third-order valence-corrected chi connectivity index (χ3v) is 4.53. The Balaban J connectivity index is 1.91. The smallest absolute Gasteiger partial charge is 0.237 e. The number of hydrogen-bond donors (Lipinski definition) is 2. The van der Waals surface area contributed by atoms with Crippen LogP contribution in [0, 0.1) is 11.8 Å². The van der Waals surface area contributed by atoms with Gasteiger partial charge in [-0.05, 0) is 31.6 Å². The number of likely N-dealkylation sites (tertiary alicyclic amines) is 1. The zero-order chi connectivity index (χ0) is 13.1. The van der Waals surface area contributed by atoms with Crippen LogP contribution in [0.4, 0.5) is 0 Å². The van der Waals surface area contributed by atoms with E-state index >= 15 is 0 Å². The summed E-state index contributed by atoms with van der Waals surface area (Å²) in [7, 11) is 0. The van der Waals surface area contributed by atoms with Gasteiger partial charge in [-0.25, -0.2) is 0 Å². The molecule has 1 saturated heterocycles. The number of carbonyl (C=O) groups excluding carboxylic acids is 1. The molecule has 4 unspecified atom stereocenters. The second kappa shape index (κ2) is 5.85. The summed E-state index contributed by atoms with van der Waals surface area (Å²) in [5.74, 6) is 1.39. The molecule has 0 aromatic carbocycles. The van der Waals surface area contributed by atoms with Crippen molar-refractivity contribution in [3.8, 4) is 0 Å². The summed E-state index contributed by atoms with van der Waals surface area (Å²) < 4.78 is 0. The van der Waals surface area contributed by atoms with Gasteiger partial charge in [0.05, 0.1) is 6.04 Å². The molecule has 0 spiro atoms. The number of carbonyl (C=O) groups is 1. The Morgan fingerprint density at radius 3 is 3.00 bits per heavy atom. The number of amides is 1. The van der Waals surface area contributed by atoms with Gasteiger partial charge in [-0.3, -0.25) is 9.69 Å². The standard InChI is InChI=1S/C14H25N3O/c1-3-7-16-14(18)10(2)17-8-11-5-4-6-13(15)12(11)9-17/h3,10-13H,1,4-9,15H2,2H3,(H,16,18). The minimum absolute atomic E-state index is 0.0530. The van der Waals surface area contributed by atoms with Crippen LogP contribution < -0.4 is 11.1 Å². The molecule has 0 aromatic rings. The molecule has 0 bridgehead atoms. The number of nitrogens with two attached hydrogens (primary N) is 1. The van der Waals surface area contributed by atoms with E-state index < -0.39 is 0 Å². The molecule has 1 saturated carbocycles. The Hall–Kier alpha value is -0.870. The van der Waals surface area contributed by atoms with Crippen molar-refractivity contribution >= 4 is 5.91 Å². The lowest BCUT2D eigenvalue weighted by atomic mass is 9.78. The Labute approximate surface area is 110 Å². The first-order valence-corrected chi connectivity index (χ1v) is 7.01. The zero-order valence-corrected chi connectivity index (χ0v) is 11.3. The normalized spacial score (nSPS) is 33.8. The summed E-state index contributed by atoms with van der Waals surface area (Å²) in [6.45, 7) is 8.16. The largest absolute Gasteiger partial charge is 0.351 e. The van der Waals surface area contributed by atoms with E-state index in [-0.39, 0.29) is 11.9 Å². The maximum atomic E-state index is 11.9. The molecule has 2 fully saturated rings. The average Bonchev–Trinajstić information content (AvgIpc) is 2.80. The molecule has 2 aliphatic rings. The van der Waals surface area contributed by atoms with Gasteiger partial charge >= 0.3 is 0 Å². The molecule has 1 amide bonds. The maximum absolute atomic E-state index is 11.9. The molecule has 3 N–H and O–H groups in total. The first-order valence-electron chi connectivity index (χ1n) is 7.01. The Morgan fingerprint density at radius 1 is 1.56 bits per heavy atom. The van der Waals surface area contributed by atoms with Crippen molar-refractivity contribution in [3.05, 3.63) is 12.7 Å². The minimum atomic E-state index is -0.0530. The third kappa shape index (κ3) is 2.75. The van der Waals surface area contributed by atoms with E-state index in [1.807, 2.05) is 6.92 Å². The van der Waals surface area contributed by atoms with E-state index in [0.29, 0.717) is 24.4 Å². The topological polar surface area (TPSA) is 58.4 Å². The quantitative estimate of drug-likeness (QED) is 0.724. The molecule has 1 heterocycles. The average molecular weight is 251 g/mol. The fourth-order valence-electron chi connectivity index (χ4n) is 3.35. The Kier molecular flexibility index (Phi) is 4.40. The van der Waals surface area contributed by atoms with E-state index in [0.717, 1.165) is 19.5 Å². The van der Waals surface area contributed by atoms with E-state index in [1.54, 1.807) is 6.08 Å². The number of hydrogen-bond acceptors (Lipinski definition) is 3. The SMILES string of the molecule is C=CCNC(=O)C(C)N1CC2CCCC(N)C2C1. The maximum Gasteiger partial charge on any atom is 0.237 e. The molecule has 1 aliphatic carbocycles. The van der Waals surface area contributed by atoms with Crippen LogP contribution in [0.25, 0.3) is 0 Å². The van der Waals surface area contributed by atoms with Crippen molar-refractivity contribution in [2.24, 2.45) is 17.6 Å². The molecule has 1 aliphatic heterocycles. The van der Waals surface area contributed by atoms with Gasteiger partial charge in [-0.1, -0.05) is 12.5 Å². The summed E-state index contributed by atoms with van der Waals surface area (Å²) >= 11 is 0. The van der Waals surface area contributed by atoms with Crippen molar-refractivity contribution in [2.45, 2.75) is 38.3 Å². The van der Waals surface area contributed by atoms with Crippen molar-refractivity contribution in [1.82, 2.24) is 10.2 Å². The molecule has 102 valence electrons. The van der Waals surface area contributed by atoms with Crippen molar-refractivity contribution in [3.63, 3.8) is 0 Å². The van der Waals surface area contributed by atoms with Crippen LogP contribution in [0.1, 0.15) is 26.2 Å². The first kappa shape index (κ1) is 13.6. The van der Waals surface area contributed by atoms with E-state index in [1.165, 1.54) is 12.8 Å². The molecular weight excluding hydrogens is 226 g/mol. The predicted molar refractivity (Wildman–Crippen MR) is 73.0 cm³/mol. The van der Waals surface area contributed by atoms with E-state index in [9.17, 15) is 4.79 Å². The highest BCUT2D eigenvalue weighted by atomic mass is 16.2. The lowest BCUT2D eigenvalue weighted by molar-refractivity contribution is -0.125. The molecule has 0 aromatic heterocycles. The number of nitrogens with zero attached hydrogens (tertiary/aromatic N) is 1. The Bertz CT molecular complexity index is 318. The first-order chi connectivity index (χ1) is 8.63. The van der Waals surface area contributed by atoms with Gasteiger partial charge in [-0.15, -0.1) is 6.58 Å². The summed E-state index contributed by atoms with van der Waals surface area (Å²) in [5.41, 5.74) is 6.20. The monoisotopic (exact) mass is 251 g/mol. The minimum Gasteiger partial charge on any atom is -0.351 e. The van der Waals surface area contributed by atoms with Gasteiger partial charge in [-0.2, -0.15) is 0 Å². The number of fused-ring (bicyclic) bond motifs is 1. The second-order valence-electron chi connectivity index (χ2n) is 5.68. The molecule has 0 radical (unpaired) electrons. The predicted octanol–water partition coefficient (Wildman–Crippen LogP) is 0.736. The Morgan fingerprint density at radius 2 is 2.33 bits per heavy atom. The van der Waals surface area contributed by atoms with Crippen molar-refractivity contribution in [1.29, 1.82) is 0 Å². The number of rotatable bonds is 4. The van der Waals surface area contributed by atoms with Crippen LogP contribution in [0.15, 0.2) is 12.7 Å². The third-order valence-electron chi connectivity index (χ3n) is 4.53. The van der Waals surface area contributed by atoms with Crippen LogP contribution in [-0.2, 0) is 4.79 Å². The fraction of sp³-hybridized carbons (Fsp3) is 0.786. The van der Waals surface area contributed by atoms with Gasteiger partial charge in [0.1, 0.15) is 0 Å². The van der Waals surface area contributed by atoms with Crippen molar-refractivity contribution < 1.29 is 4.79 Å². The lowest BCUT2D eigenvalue weighted by Crippen LogP contribution is -2.44. The fourth-order valence-corrected chi connectivity index (χ4v) is 3.35. The van der Waals surface area contributed by atoms with Crippen LogP contribution in [0.3, 0.4) is 0 Å². The van der Waals surface area contributed by atoms with Gasteiger partial charge in [0.15, 0.2) is 0 Å². The summed E-state index contributed by atoms with van der Waals surface area (Å²) in [6, 6.07) is 0.278. The number of nitrogens with one attached hydrogen (secondary N) is 1. The molecule has 2 rings (SSSR count). The molecule has 4 heteroatoms. The van der Waals surface area contributed by atoms with Gasteiger partial charge in [0, 0.05) is 25.7 Å². The summed E-state index contributed by atoms with van der Waals surface area (Å²) in [6.07, 6.45) is 5.37. The molecule has 4 nitrogen and oxygen atoms in total. The van der Waals surface area contributed by atoms with Crippen LogP contribution in [0.2, 0.25) is 0 Å². The highest BCUT2D eigenvalue weighted by Crippen LogP contribution is 2.36. The highest BCUT2D eigenvalue weighted by molar-refractivity contribution is 5.81. The van der Waals surface area contributed by atoms with Crippen LogP contribution in [-0.4, -0.2) is 42.5 Å². The summed E-state index contributed by atoms with van der Waals surface area (Å²) in [4.78, 5) is 14.2. The van der Waals surface area contributed by atoms with Crippen molar-refractivity contribution in [2.75, 3.05) is 19.6 Å². The molecule has 18 heavy (non-hydrogen) atoms. The van der Waals surface area contributed by atoms with E-state index in [4.69, 9.17) is 5.73 Å². The highest BCUT2D eigenvalue weighted by Gasteiger charge is 2.41. The molecule has 4 atom stereocenters. The molecular formula is C14H25N3O. The van der Waals surface area contributed by atoms with Gasteiger partial charge < -0.3 is 11.1 Å². The van der Waals surface area contributed by atoms with Gasteiger partial charge in [0.2, 0.25) is 5.91 Å². The van der Waals surface area contributed by atoms with E-state index in [2.05, 4.69) is 16.8 Å².